The molecule has 0 aromatic carbocycles. The predicted octanol–water partition coefficient (Wildman–Crippen LogP) is 2.45. The van der Waals surface area contributed by atoms with E-state index in [4.69, 9.17) is 5.11 Å². The lowest BCUT2D eigenvalue weighted by Gasteiger charge is -2.04. The molecule has 0 aliphatic rings. The molecule has 120 valence electrons. The van der Waals surface area contributed by atoms with Gasteiger partial charge in [0.1, 0.15) is 10.6 Å². The Kier molecular flexibility index (Phi) is 6.91. The van der Waals surface area contributed by atoms with Crippen molar-refractivity contribution in [2.45, 2.75) is 57.4 Å². The van der Waals surface area contributed by atoms with Crippen molar-refractivity contribution in [3.8, 4) is 0 Å². The number of carbonyl (C=O) groups is 1. The fraction of sp³-hybridized carbons (Fsp3) is 0.643. The Hall–Kier alpha value is -1.34. The van der Waals surface area contributed by atoms with Gasteiger partial charge >= 0.3 is 5.97 Å². The quantitative estimate of drug-likeness (QED) is 0.649. The molecule has 7 heteroatoms. The number of unbranched alkanes of at least 4 members (excludes halogenated alkanes) is 3. The number of aromatic carboxylic acids is 1. The zero-order valence-corrected chi connectivity index (χ0v) is 13.4. The zero-order chi connectivity index (χ0) is 15.9. The van der Waals surface area contributed by atoms with Crippen molar-refractivity contribution in [3.05, 3.63) is 18.0 Å². The molecule has 1 heterocycles. The summed E-state index contributed by atoms with van der Waals surface area (Å²) >= 11 is 0. The summed E-state index contributed by atoms with van der Waals surface area (Å²) in [5.74, 6) is -1.12. The fourth-order valence-electron chi connectivity index (χ4n) is 2.08. The monoisotopic (exact) mass is 316 g/mol. The number of carboxylic acid groups (broad SMARTS) is 1. The van der Waals surface area contributed by atoms with Crippen molar-refractivity contribution in [3.63, 3.8) is 0 Å². The van der Waals surface area contributed by atoms with Crippen molar-refractivity contribution >= 4 is 16.0 Å². The molecule has 0 bridgehead atoms. The second kappa shape index (κ2) is 8.19. The van der Waals surface area contributed by atoms with Crippen LogP contribution in [0.25, 0.3) is 0 Å². The molecule has 0 aliphatic carbocycles. The van der Waals surface area contributed by atoms with E-state index >= 15 is 0 Å². The van der Waals surface area contributed by atoms with E-state index in [1.165, 1.54) is 16.8 Å². The first-order chi connectivity index (χ1) is 9.92. The Morgan fingerprint density at radius 3 is 2.52 bits per heavy atom. The van der Waals surface area contributed by atoms with Gasteiger partial charge in [0, 0.05) is 19.3 Å². The molecule has 0 amide bonds. The molecule has 21 heavy (non-hydrogen) atoms. The van der Waals surface area contributed by atoms with Crippen LogP contribution < -0.4 is 4.72 Å². The van der Waals surface area contributed by atoms with Crippen molar-refractivity contribution in [1.82, 2.24) is 9.29 Å². The Morgan fingerprint density at radius 1 is 1.24 bits per heavy atom. The Balaban J connectivity index is 2.78. The number of nitrogens with one attached hydrogen (secondary N) is 1. The van der Waals surface area contributed by atoms with Crippen LogP contribution in [-0.2, 0) is 16.6 Å². The van der Waals surface area contributed by atoms with E-state index < -0.39 is 16.0 Å². The summed E-state index contributed by atoms with van der Waals surface area (Å²) in [6.45, 7) is 4.86. The molecule has 0 aliphatic heterocycles. The standard InChI is InChI=1S/C14H24N2O4S/c1-3-5-6-7-8-15-21(19,20)12-10-13(14(17)18)16(11-12)9-4-2/h10-11,15H,3-9H2,1-2H3,(H,17,18). The third-order valence-corrected chi connectivity index (χ3v) is 4.62. The second-order valence-electron chi connectivity index (χ2n) is 5.02. The van der Waals surface area contributed by atoms with Gasteiger partial charge < -0.3 is 9.67 Å². The average Bonchev–Trinajstić information content (AvgIpc) is 2.84. The van der Waals surface area contributed by atoms with E-state index in [1.807, 2.05) is 6.92 Å². The normalized spacial score (nSPS) is 11.7. The molecule has 0 atom stereocenters. The number of hydrogen-bond acceptors (Lipinski definition) is 3. The minimum Gasteiger partial charge on any atom is -0.477 e. The molecule has 2 N–H and O–H groups in total. The fourth-order valence-corrected chi connectivity index (χ4v) is 3.19. The molecule has 1 aromatic heterocycles. The summed E-state index contributed by atoms with van der Waals surface area (Å²) in [5.41, 5.74) is 0.00297. The lowest BCUT2D eigenvalue weighted by Crippen LogP contribution is -2.24. The smallest absolute Gasteiger partial charge is 0.352 e. The number of carboxylic acids is 1. The van der Waals surface area contributed by atoms with Gasteiger partial charge in [-0.25, -0.2) is 17.9 Å². The van der Waals surface area contributed by atoms with Crippen LogP contribution in [0, 0.1) is 0 Å². The molecule has 0 saturated heterocycles. The molecule has 0 spiro atoms. The minimum absolute atomic E-state index is 0.00297. The van der Waals surface area contributed by atoms with Gasteiger partial charge in [0.05, 0.1) is 0 Å². The highest BCUT2D eigenvalue weighted by atomic mass is 32.2. The topological polar surface area (TPSA) is 88.4 Å². The number of hydrogen-bond donors (Lipinski definition) is 2. The Morgan fingerprint density at radius 2 is 1.95 bits per heavy atom. The average molecular weight is 316 g/mol. The van der Waals surface area contributed by atoms with Gasteiger partial charge in [-0.05, 0) is 18.9 Å². The van der Waals surface area contributed by atoms with Crippen LogP contribution in [-0.4, -0.2) is 30.6 Å². The van der Waals surface area contributed by atoms with E-state index in [-0.39, 0.29) is 10.6 Å². The summed E-state index contributed by atoms with van der Waals surface area (Å²) in [5, 5.41) is 9.11. The van der Waals surface area contributed by atoms with Crippen LogP contribution in [0.15, 0.2) is 17.2 Å². The van der Waals surface area contributed by atoms with E-state index in [9.17, 15) is 13.2 Å². The highest BCUT2D eigenvalue weighted by Gasteiger charge is 2.20. The van der Waals surface area contributed by atoms with Gasteiger partial charge in [-0.1, -0.05) is 33.1 Å². The number of aryl methyl sites for hydroxylation is 1. The van der Waals surface area contributed by atoms with Gasteiger partial charge in [-0.15, -0.1) is 0 Å². The van der Waals surface area contributed by atoms with E-state index in [0.29, 0.717) is 13.1 Å². The number of sulfonamides is 1. The molecular weight excluding hydrogens is 292 g/mol. The van der Waals surface area contributed by atoms with Crippen LogP contribution in [0.4, 0.5) is 0 Å². The van der Waals surface area contributed by atoms with Crippen LogP contribution in [0.2, 0.25) is 0 Å². The second-order valence-corrected chi connectivity index (χ2v) is 6.78. The molecule has 0 unspecified atom stereocenters. The van der Waals surface area contributed by atoms with Gasteiger partial charge in [0.2, 0.25) is 10.0 Å². The van der Waals surface area contributed by atoms with E-state index in [1.54, 1.807) is 0 Å². The predicted molar refractivity (Wildman–Crippen MR) is 81.0 cm³/mol. The molecule has 1 aromatic rings. The largest absolute Gasteiger partial charge is 0.477 e. The maximum absolute atomic E-state index is 12.1. The minimum atomic E-state index is -3.64. The molecule has 0 radical (unpaired) electrons. The molecule has 0 saturated carbocycles. The van der Waals surface area contributed by atoms with Gasteiger partial charge in [-0.2, -0.15) is 0 Å². The van der Waals surface area contributed by atoms with Gasteiger partial charge in [0.25, 0.3) is 0 Å². The number of nitrogens with zero attached hydrogens (tertiary/aromatic N) is 1. The lowest BCUT2D eigenvalue weighted by atomic mass is 10.2. The number of aromatic nitrogens is 1. The third-order valence-electron chi connectivity index (χ3n) is 3.19. The van der Waals surface area contributed by atoms with Crippen LogP contribution in [0.5, 0.6) is 0 Å². The van der Waals surface area contributed by atoms with Crippen molar-refractivity contribution in [2.24, 2.45) is 0 Å². The summed E-state index contributed by atoms with van der Waals surface area (Å²) in [7, 11) is -3.64. The first kappa shape index (κ1) is 17.7. The van der Waals surface area contributed by atoms with Crippen LogP contribution in [0.1, 0.15) is 56.4 Å². The lowest BCUT2D eigenvalue weighted by molar-refractivity contribution is 0.0685. The number of rotatable bonds is 10. The summed E-state index contributed by atoms with van der Waals surface area (Å²) < 4.78 is 28.3. The first-order valence-corrected chi connectivity index (χ1v) is 8.83. The maximum Gasteiger partial charge on any atom is 0.352 e. The summed E-state index contributed by atoms with van der Waals surface area (Å²) in [4.78, 5) is 11.2. The summed E-state index contributed by atoms with van der Waals surface area (Å²) in [6.07, 6.45) is 6.07. The highest BCUT2D eigenvalue weighted by Crippen LogP contribution is 2.15. The van der Waals surface area contributed by atoms with Crippen LogP contribution in [0.3, 0.4) is 0 Å². The zero-order valence-electron chi connectivity index (χ0n) is 12.6. The third kappa shape index (κ3) is 5.17. The SMILES string of the molecule is CCCCCCNS(=O)(=O)c1cc(C(=O)O)n(CCC)c1. The highest BCUT2D eigenvalue weighted by molar-refractivity contribution is 7.89. The van der Waals surface area contributed by atoms with E-state index in [2.05, 4.69) is 11.6 Å². The van der Waals surface area contributed by atoms with Crippen molar-refractivity contribution < 1.29 is 18.3 Å². The Labute approximate surface area is 126 Å². The van der Waals surface area contributed by atoms with Crippen molar-refractivity contribution in [2.75, 3.05) is 6.54 Å². The van der Waals surface area contributed by atoms with Gasteiger partial charge in [-0.3, -0.25) is 0 Å². The molecule has 6 nitrogen and oxygen atoms in total. The summed E-state index contributed by atoms with van der Waals surface area (Å²) in [6, 6.07) is 1.21. The van der Waals surface area contributed by atoms with Crippen LogP contribution >= 0.6 is 0 Å². The Bertz CT molecular complexity index is 564. The molecular formula is C14H24N2O4S. The first-order valence-electron chi connectivity index (χ1n) is 7.35. The van der Waals surface area contributed by atoms with Crippen molar-refractivity contribution in [1.29, 1.82) is 0 Å². The molecule has 1 rings (SSSR count). The van der Waals surface area contributed by atoms with E-state index in [0.717, 1.165) is 32.1 Å². The maximum atomic E-state index is 12.1. The van der Waals surface area contributed by atoms with Gasteiger partial charge in [0.15, 0.2) is 0 Å². The molecule has 0 fully saturated rings.